The van der Waals surface area contributed by atoms with Gasteiger partial charge in [0.05, 0.1) is 38.6 Å². The second-order valence-electron chi connectivity index (χ2n) is 4.12. The molecule has 0 N–H and O–H groups in total. The van der Waals surface area contributed by atoms with E-state index >= 15 is 0 Å². The first-order valence-corrected chi connectivity index (χ1v) is 5.08. The lowest BCUT2D eigenvalue weighted by Gasteiger charge is -2.37. The molecule has 1 fully saturated rings. The summed E-state index contributed by atoms with van der Waals surface area (Å²) in [6.45, 7) is 10.1. The molecule has 0 unspecified atom stereocenters. The molecule has 0 saturated carbocycles. The highest BCUT2D eigenvalue weighted by molar-refractivity contribution is 5.87. The predicted octanol–water partition coefficient (Wildman–Crippen LogP) is 1.16. The van der Waals surface area contributed by atoms with Gasteiger partial charge in [0.25, 0.3) is 0 Å². The van der Waals surface area contributed by atoms with Crippen molar-refractivity contribution >= 4 is 5.97 Å². The Bertz CT molecular complexity index is 243. The lowest BCUT2D eigenvalue weighted by atomic mass is 9.90. The third kappa shape index (κ3) is 3.64. The van der Waals surface area contributed by atoms with E-state index < -0.39 is 0 Å². The minimum absolute atomic E-state index is 0.106. The second-order valence-corrected chi connectivity index (χ2v) is 4.12. The number of rotatable bonds is 6. The van der Waals surface area contributed by atoms with Gasteiger partial charge in [0.2, 0.25) is 0 Å². The standard InChI is InChI=1S/C11H18O4/c1-4-15-10(12)9(2)5-13-6-11(3)7-14-8-11/h2,4-8H2,1,3H3. The summed E-state index contributed by atoms with van der Waals surface area (Å²) in [7, 11) is 0. The van der Waals surface area contributed by atoms with E-state index in [2.05, 4.69) is 13.5 Å². The number of carbonyl (C=O) groups excluding carboxylic acids is 1. The molecule has 1 heterocycles. The van der Waals surface area contributed by atoms with Crippen LogP contribution in [0.2, 0.25) is 0 Å². The van der Waals surface area contributed by atoms with Crippen molar-refractivity contribution in [3.05, 3.63) is 12.2 Å². The number of ether oxygens (including phenoxy) is 3. The largest absolute Gasteiger partial charge is 0.463 e. The van der Waals surface area contributed by atoms with Gasteiger partial charge in [0.1, 0.15) is 0 Å². The van der Waals surface area contributed by atoms with Crippen LogP contribution in [0.4, 0.5) is 0 Å². The average Bonchev–Trinajstić information content (AvgIpc) is 2.15. The van der Waals surface area contributed by atoms with E-state index in [0.29, 0.717) is 18.8 Å². The Hall–Kier alpha value is -0.870. The summed E-state index contributed by atoms with van der Waals surface area (Å²) in [4.78, 5) is 11.2. The van der Waals surface area contributed by atoms with Crippen LogP contribution < -0.4 is 0 Å². The predicted molar refractivity (Wildman–Crippen MR) is 55.5 cm³/mol. The molecular formula is C11H18O4. The molecule has 0 bridgehead atoms. The molecule has 0 amide bonds. The SMILES string of the molecule is C=C(COCC1(C)COC1)C(=O)OCC. The van der Waals surface area contributed by atoms with Crippen LogP contribution in [0.15, 0.2) is 12.2 Å². The summed E-state index contributed by atoms with van der Waals surface area (Å²) in [6.07, 6.45) is 0. The highest BCUT2D eigenvalue weighted by Crippen LogP contribution is 2.26. The summed E-state index contributed by atoms with van der Waals surface area (Å²) in [6, 6.07) is 0. The van der Waals surface area contributed by atoms with Crippen LogP contribution in [0.25, 0.3) is 0 Å². The first-order chi connectivity index (χ1) is 7.07. The zero-order valence-electron chi connectivity index (χ0n) is 9.38. The van der Waals surface area contributed by atoms with E-state index in [4.69, 9.17) is 14.2 Å². The van der Waals surface area contributed by atoms with Gasteiger partial charge in [-0.25, -0.2) is 4.79 Å². The first-order valence-electron chi connectivity index (χ1n) is 5.08. The Morgan fingerprint density at radius 1 is 1.53 bits per heavy atom. The van der Waals surface area contributed by atoms with Crippen molar-refractivity contribution in [3.8, 4) is 0 Å². The molecule has 86 valence electrons. The van der Waals surface area contributed by atoms with Crippen LogP contribution in [0.1, 0.15) is 13.8 Å². The normalized spacial score (nSPS) is 18.0. The highest BCUT2D eigenvalue weighted by Gasteiger charge is 2.33. The van der Waals surface area contributed by atoms with Gasteiger partial charge >= 0.3 is 5.97 Å². The maximum absolute atomic E-state index is 11.2. The zero-order valence-corrected chi connectivity index (χ0v) is 9.38. The van der Waals surface area contributed by atoms with Crippen LogP contribution >= 0.6 is 0 Å². The molecule has 1 aliphatic heterocycles. The molecule has 0 radical (unpaired) electrons. The van der Waals surface area contributed by atoms with Gasteiger partial charge in [-0.3, -0.25) is 0 Å². The van der Waals surface area contributed by atoms with Crippen molar-refractivity contribution in [1.29, 1.82) is 0 Å². The quantitative estimate of drug-likeness (QED) is 0.491. The molecule has 4 heteroatoms. The summed E-state index contributed by atoms with van der Waals surface area (Å²) in [5.74, 6) is -0.382. The molecule has 1 rings (SSSR count). The monoisotopic (exact) mass is 214 g/mol. The Morgan fingerprint density at radius 3 is 2.67 bits per heavy atom. The second kappa shape index (κ2) is 5.28. The molecule has 0 spiro atoms. The van der Waals surface area contributed by atoms with Crippen molar-refractivity contribution in [2.75, 3.05) is 33.0 Å². The summed E-state index contributed by atoms with van der Waals surface area (Å²) >= 11 is 0. The Balaban J connectivity index is 2.14. The van der Waals surface area contributed by atoms with Crippen LogP contribution in [0.3, 0.4) is 0 Å². The lowest BCUT2D eigenvalue weighted by Crippen LogP contribution is -2.43. The maximum Gasteiger partial charge on any atom is 0.335 e. The molecule has 15 heavy (non-hydrogen) atoms. The van der Waals surface area contributed by atoms with E-state index in [0.717, 1.165) is 13.2 Å². The molecule has 0 aromatic heterocycles. The molecule has 0 aromatic rings. The Kier molecular flexibility index (Phi) is 4.29. The van der Waals surface area contributed by atoms with E-state index in [1.54, 1.807) is 6.92 Å². The lowest BCUT2D eigenvalue weighted by molar-refractivity contribution is -0.143. The van der Waals surface area contributed by atoms with Gasteiger partial charge in [0.15, 0.2) is 0 Å². The van der Waals surface area contributed by atoms with Crippen LogP contribution in [-0.4, -0.2) is 39.0 Å². The molecule has 1 saturated heterocycles. The molecule has 4 nitrogen and oxygen atoms in total. The van der Waals surface area contributed by atoms with Gasteiger partial charge in [-0.15, -0.1) is 0 Å². The third-order valence-electron chi connectivity index (χ3n) is 2.19. The molecule has 0 aliphatic carbocycles. The Morgan fingerprint density at radius 2 is 2.20 bits per heavy atom. The number of hydrogen-bond acceptors (Lipinski definition) is 4. The fourth-order valence-corrected chi connectivity index (χ4v) is 1.25. The Labute approximate surface area is 90.2 Å². The summed E-state index contributed by atoms with van der Waals surface area (Å²) in [5.41, 5.74) is 0.468. The van der Waals surface area contributed by atoms with Crippen molar-refractivity contribution in [2.24, 2.45) is 5.41 Å². The first kappa shape index (κ1) is 12.2. The number of carbonyl (C=O) groups is 1. The van der Waals surface area contributed by atoms with Gasteiger partial charge in [-0.1, -0.05) is 13.5 Å². The summed E-state index contributed by atoms with van der Waals surface area (Å²) < 4.78 is 15.3. The zero-order chi connectivity index (χ0) is 11.3. The van der Waals surface area contributed by atoms with E-state index in [9.17, 15) is 4.79 Å². The molecule has 0 aromatic carbocycles. The molecule has 1 aliphatic rings. The highest BCUT2D eigenvalue weighted by atomic mass is 16.5. The average molecular weight is 214 g/mol. The minimum Gasteiger partial charge on any atom is -0.463 e. The van der Waals surface area contributed by atoms with E-state index in [1.807, 2.05) is 0 Å². The van der Waals surface area contributed by atoms with Gasteiger partial charge in [-0.05, 0) is 6.92 Å². The minimum atomic E-state index is -0.382. The van der Waals surface area contributed by atoms with Gasteiger partial charge in [0, 0.05) is 5.41 Å². The van der Waals surface area contributed by atoms with Crippen molar-refractivity contribution in [3.63, 3.8) is 0 Å². The van der Waals surface area contributed by atoms with Gasteiger partial charge < -0.3 is 14.2 Å². The van der Waals surface area contributed by atoms with Crippen LogP contribution in [0, 0.1) is 5.41 Å². The van der Waals surface area contributed by atoms with E-state index in [-0.39, 0.29) is 18.0 Å². The summed E-state index contributed by atoms with van der Waals surface area (Å²) in [5, 5.41) is 0. The van der Waals surface area contributed by atoms with Crippen molar-refractivity contribution in [2.45, 2.75) is 13.8 Å². The van der Waals surface area contributed by atoms with Gasteiger partial charge in [-0.2, -0.15) is 0 Å². The third-order valence-corrected chi connectivity index (χ3v) is 2.19. The van der Waals surface area contributed by atoms with Crippen LogP contribution in [0.5, 0.6) is 0 Å². The maximum atomic E-state index is 11.2. The molecular weight excluding hydrogens is 196 g/mol. The number of esters is 1. The van der Waals surface area contributed by atoms with E-state index in [1.165, 1.54) is 0 Å². The topological polar surface area (TPSA) is 44.8 Å². The fraction of sp³-hybridized carbons (Fsp3) is 0.727. The van der Waals surface area contributed by atoms with Crippen LogP contribution in [-0.2, 0) is 19.0 Å². The van der Waals surface area contributed by atoms with Crippen molar-refractivity contribution in [1.82, 2.24) is 0 Å². The fourth-order valence-electron chi connectivity index (χ4n) is 1.25. The smallest absolute Gasteiger partial charge is 0.335 e. The molecule has 0 atom stereocenters. The van der Waals surface area contributed by atoms with Crippen molar-refractivity contribution < 1.29 is 19.0 Å². The number of hydrogen-bond donors (Lipinski definition) is 0.